The van der Waals surface area contributed by atoms with Gasteiger partial charge in [-0.1, -0.05) is 42.5 Å². The van der Waals surface area contributed by atoms with Crippen LogP contribution >= 0.6 is 0 Å². The fourth-order valence-electron chi connectivity index (χ4n) is 5.64. The van der Waals surface area contributed by atoms with E-state index in [-0.39, 0.29) is 11.8 Å². The lowest BCUT2D eigenvalue weighted by Gasteiger charge is -2.22. The molecule has 2 aliphatic heterocycles. The van der Waals surface area contributed by atoms with Gasteiger partial charge < -0.3 is 23.7 Å². The van der Waals surface area contributed by atoms with Gasteiger partial charge in [0.25, 0.3) is 0 Å². The number of hydrogen-bond acceptors (Lipinski definition) is 5. The molecule has 1 atom stereocenters. The summed E-state index contributed by atoms with van der Waals surface area (Å²) in [5, 5.41) is 2.38. The maximum atomic E-state index is 13.2. The Labute approximate surface area is 226 Å². The summed E-state index contributed by atoms with van der Waals surface area (Å²) in [6, 6.07) is 28.4. The molecule has 0 saturated carbocycles. The molecule has 196 valence electrons. The molecule has 7 nitrogen and oxygen atoms in total. The number of anilines is 1. The van der Waals surface area contributed by atoms with Gasteiger partial charge in [0.15, 0.2) is 11.5 Å². The molecule has 0 spiro atoms. The Hall–Kier alpha value is -4.52. The van der Waals surface area contributed by atoms with E-state index in [4.69, 9.17) is 19.2 Å². The number of imidazole rings is 1. The first-order valence-corrected chi connectivity index (χ1v) is 13.5. The van der Waals surface area contributed by atoms with Crippen molar-refractivity contribution in [3.05, 3.63) is 90.8 Å². The largest absolute Gasteiger partial charge is 0.494 e. The lowest BCUT2D eigenvalue weighted by atomic mass is 10.1. The maximum Gasteiger partial charge on any atom is 0.227 e. The number of rotatable bonds is 7. The predicted molar refractivity (Wildman–Crippen MR) is 151 cm³/mol. The number of hydrogen-bond donors (Lipinski definition) is 0. The SMILES string of the molecule is O=C1CC(c2nc3ccccc3n2CCCOc2ccc3ccccc3c2)CN1c1ccc2c(c1)OCCO2. The minimum Gasteiger partial charge on any atom is -0.494 e. The lowest BCUT2D eigenvalue weighted by molar-refractivity contribution is -0.117. The van der Waals surface area contributed by atoms with Crippen LogP contribution in [0.1, 0.15) is 24.6 Å². The van der Waals surface area contributed by atoms with E-state index >= 15 is 0 Å². The van der Waals surface area contributed by atoms with Gasteiger partial charge in [0.2, 0.25) is 5.91 Å². The van der Waals surface area contributed by atoms with Crippen molar-refractivity contribution >= 4 is 33.4 Å². The van der Waals surface area contributed by atoms with Crippen LogP contribution < -0.4 is 19.1 Å². The van der Waals surface area contributed by atoms with Crippen LogP contribution in [0, 0.1) is 0 Å². The molecule has 4 aromatic carbocycles. The molecule has 7 heteroatoms. The van der Waals surface area contributed by atoms with Gasteiger partial charge in [-0.15, -0.1) is 0 Å². The minimum atomic E-state index is -0.000457. The van der Waals surface area contributed by atoms with Crippen molar-refractivity contribution in [1.82, 2.24) is 9.55 Å². The summed E-state index contributed by atoms with van der Waals surface area (Å²) < 4.78 is 19.8. The van der Waals surface area contributed by atoms with Gasteiger partial charge in [-0.25, -0.2) is 4.98 Å². The molecule has 0 aliphatic carbocycles. The van der Waals surface area contributed by atoms with Gasteiger partial charge in [-0.2, -0.15) is 0 Å². The highest BCUT2D eigenvalue weighted by atomic mass is 16.6. The standard InChI is InChI=1S/C32H29N3O4/c36-31-19-24(21-35(31)25-11-13-29-30(20-25)39-17-16-38-29)32-33-27-8-3-4-9-28(27)34(32)14-5-15-37-26-12-10-22-6-1-2-7-23(22)18-26/h1-4,6-13,18,20,24H,5,14-17,19,21H2. The third-order valence-corrected chi connectivity index (χ3v) is 7.53. The van der Waals surface area contributed by atoms with Crippen molar-refractivity contribution in [3.63, 3.8) is 0 Å². The summed E-state index contributed by atoms with van der Waals surface area (Å²) in [4.78, 5) is 20.0. The van der Waals surface area contributed by atoms with Gasteiger partial charge in [0.05, 0.1) is 17.6 Å². The smallest absolute Gasteiger partial charge is 0.227 e. The molecule has 3 heterocycles. The molecular weight excluding hydrogens is 490 g/mol. The molecular formula is C32H29N3O4. The van der Waals surface area contributed by atoms with Gasteiger partial charge in [-0.3, -0.25) is 4.79 Å². The lowest BCUT2D eigenvalue weighted by Crippen LogP contribution is -2.25. The normalized spacial score (nSPS) is 16.8. The minimum absolute atomic E-state index is 0.000457. The number of ether oxygens (including phenoxy) is 3. The Morgan fingerprint density at radius 1 is 0.872 bits per heavy atom. The fraction of sp³-hybridized carbons (Fsp3) is 0.250. The van der Waals surface area contributed by atoms with E-state index in [9.17, 15) is 4.79 Å². The summed E-state index contributed by atoms with van der Waals surface area (Å²) in [6.45, 7) is 2.99. The zero-order valence-electron chi connectivity index (χ0n) is 21.6. The van der Waals surface area contributed by atoms with Crippen LogP contribution in [0.4, 0.5) is 5.69 Å². The first-order chi connectivity index (χ1) is 19.2. The zero-order chi connectivity index (χ0) is 26.2. The molecule has 5 aromatic rings. The Bertz CT molecular complexity index is 1680. The topological polar surface area (TPSA) is 65.8 Å². The van der Waals surface area contributed by atoms with E-state index in [1.54, 1.807) is 0 Å². The number of aryl methyl sites for hydroxylation is 1. The molecule has 0 radical (unpaired) electrons. The van der Waals surface area contributed by atoms with E-state index in [2.05, 4.69) is 34.9 Å². The quantitative estimate of drug-likeness (QED) is 0.249. The van der Waals surface area contributed by atoms with Crippen LogP contribution in [0.15, 0.2) is 84.9 Å². The molecule has 0 bridgehead atoms. The van der Waals surface area contributed by atoms with Crippen molar-refractivity contribution in [2.75, 3.05) is 31.3 Å². The van der Waals surface area contributed by atoms with Crippen LogP contribution in [0.3, 0.4) is 0 Å². The molecule has 2 aliphatic rings. The van der Waals surface area contributed by atoms with Gasteiger partial charge >= 0.3 is 0 Å². The van der Waals surface area contributed by atoms with Crippen molar-refractivity contribution in [2.24, 2.45) is 0 Å². The van der Waals surface area contributed by atoms with E-state index in [0.717, 1.165) is 47.0 Å². The molecule has 1 saturated heterocycles. The maximum absolute atomic E-state index is 13.2. The Morgan fingerprint density at radius 2 is 1.69 bits per heavy atom. The number of nitrogens with zero attached hydrogens (tertiary/aromatic N) is 3. The van der Waals surface area contributed by atoms with Gasteiger partial charge in [0, 0.05) is 37.2 Å². The molecule has 1 fully saturated rings. The number of aromatic nitrogens is 2. The summed E-state index contributed by atoms with van der Waals surface area (Å²) in [5.74, 6) is 3.33. The molecule has 0 N–H and O–H groups in total. The first-order valence-electron chi connectivity index (χ1n) is 13.5. The van der Waals surface area contributed by atoms with Crippen molar-refractivity contribution in [1.29, 1.82) is 0 Å². The Morgan fingerprint density at radius 3 is 2.62 bits per heavy atom. The van der Waals surface area contributed by atoms with Crippen LogP contribution in [-0.4, -0.2) is 41.8 Å². The summed E-state index contributed by atoms with van der Waals surface area (Å²) in [7, 11) is 0. The number of benzene rings is 4. The zero-order valence-corrected chi connectivity index (χ0v) is 21.6. The predicted octanol–water partition coefficient (Wildman–Crippen LogP) is 5.95. The molecule has 7 rings (SSSR count). The van der Waals surface area contributed by atoms with Crippen molar-refractivity contribution in [3.8, 4) is 17.2 Å². The number of carbonyl (C=O) groups excluding carboxylic acids is 1. The van der Waals surface area contributed by atoms with E-state index in [1.807, 2.05) is 59.5 Å². The number of para-hydroxylation sites is 2. The van der Waals surface area contributed by atoms with E-state index < -0.39 is 0 Å². The highest BCUT2D eigenvalue weighted by Gasteiger charge is 2.35. The second-order valence-electron chi connectivity index (χ2n) is 10.1. The van der Waals surface area contributed by atoms with Gasteiger partial charge in [0.1, 0.15) is 24.8 Å². The Kier molecular flexibility index (Phi) is 6.04. The summed E-state index contributed by atoms with van der Waals surface area (Å²) in [6.07, 6.45) is 1.25. The summed E-state index contributed by atoms with van der Waals surface area (Å²) >= 11 is 0. The number of carbonyl (C=O) groups is 1. The van der Waals surface area contributed by atoms with Crippen LogP contribution in [0.5, 0.6) is 17.2 Å². The third-order valence-electron chi connectivity index (χ3n) is 7.53. The van der Waals surface area contributed by atoms with Crippen molar-refractivity contribution in [2.45, 2.75) is 25.3 Å². The second-order valence-corrected chi connectivity index (χ2v) is 10.1. The average molecular weight is 520 g/mol. The molecule has 1 amide bonds. The van der Waals surface area contributed by atoms with Crippen LogP contribution in [0.2, 0.25) is 0 Å². The van der Waals surface area contributed by atoms with Crippen LogP contribution in [0.25, 0.3) is 21.8 Å². The van der Waals surface area contributed by atoms with E-state index in [0.29, 0.717) is 38.5 Å². The van der Waals surface area contributed by atoms with E-state index in [1.165, 1.54) is 10.8 Å². The monoisotopic (exact) mass is 519 g/mol. The molecule has 1 unspecified atom stereocenters. The highest BCUT2D eigenvalue weighted by molar-refractivity contribution is 5.97. The summed E-state index contributed by atoms with van der Waals surface area (Å²) in [5.41, 5.74) is 2.87. The van der Waals surface area contributed by atoms with Gasteiger partial charge in [-0.05, 0) is 53.6 Å². The number of fused-ring (bicyclic) bond motifs is 3. The molecule has 39 heavy (non-hydrogen) atoms. The number of amides is 1. The van der Waals surface area contributed by atoms with Crippen LogP contribution in [-0.2, 0) is 11.3 Å². The fourth-order valence-corrected chi connectivity index (χ4v) is 5.64. The highest BCUT2D eigenvalue weighted by Crippen LogP contribution is 2.38. The first kappa shape index (κ1) is 23.6. The second kappa shape index (κ2) is 9.98. The average Bonchev–Trinajstić information content (AvgIpc) is 3.55. The third kappa shape index (κ3) is 4.54. The van der Waals surface area contributed by atoms with Crippen molar-refractivity contribution < 1.29 is 19.0 Å². The Balaban J connectivity index is 1.08. The molecule has 1 aromatic heterocycles.